The Hall–Kier alpha value is -0.730. The lowest BCUT2D eigenvalue weighted by atomic mass is 9.82. The molecule has 1 saturated heterocycles. The summed E-state index contributed by atoms with van der Waals surface area (Å²) in [6, 6.07) is 5.97. The van der Waals surface area contributed by atoms with Crippen molar-refractivity contribution in [3.8, 4) is 0 Å². The van der Waals surface area contributed by atoms with Crippen molar-refractivity contribution in [1.29, 1.82) is 0 Å². The van der Waals surface area contributed by atoms with Crippen molar-refractivity contribution in [1.82, 2.24) is 0 Å². The van der Waals surface area contributed by atoms with Crippen LogP contribution in [0.2, 0.25) is 5.02 Å². The summed E-state index contributed by atoms with van der Waals surface area (Å²) in [5, 5.41) is 10.2. The molecule has 100 valence electrons. The lowest BCUT2D eigenvalue weighted by Crippen LogP contribution is -2.37. The van der Waals surface area contributed by atoms with Gasteiger partial charge in [-0.25, -0.2) is 0 Å². The number of hydrogen-bond donors (Lipinski definition) is 1. The topological polar surface area (TPSA) is 23.5 Å². The van der Waals surface area contributed by atoms with Crippen molar-refractivity contribution in [3.05, 3.63) is 28.8 Å². The second kappa shape index (κ2) is 5.10. The number of rotatable bonds is 2. The van der Waals surface area contributed by atoms with E-state index in [0.717, 1.165) is 18.7 Å². The van der Waals surface area contributed by atoms with E-state index in [0.29, 0.717) is 10.4 Å². The van der Waals surface area contributed by atoms with Gasteiger partial charge in [-0.05, 0) is 42.9 Å². The Morgan fingerprint density at radius 2 is 1.89 bits per heavy atom. The number of aliphatic hydroxyl groups is 1. The Balaban J connectivity index is 2.13. The van der Waals surface area contributed by atoms with Crippen molar-refractivity contribution >= 4 is 17.3 Å². The zero-order valence-corrected chi connectivity index (χ0v) is 12.2. The number of halogens is 1. The molecule has 1 heterocycles. The Morgan fingerprint density at radius 1 is 1.28 bits per heavy atom. The monoisotopic (exact) mass is 267 g/mol. The van der Waals surface area contributed by atoms with E-state index in [4.69, 9.17) is 11.6 Å². The molecule has 18 heavy (non-hydrogen) atoms. The van der Waals surface area contributed by atoms with Crippen LogP contribution in [0, 0.1) is 5.41 Å². The van der Waals surface area contributed by atoms with Crippen LogP contribution in [-0.4, -0.2) is 18.2 Å². The van der Waals surface area contributed by atoms with E-state index in [1.54, 1.807) is 6.92 Å². The Bertz CT molecular complexity index is 419. The van der Waals surface area contributed by atoms with Gasteiger partial charge in [0.2, 0.25) is 0 Å². The van der Waals surface area contributed by atoms with Crippen molar-refractivity contribution in [2.45, 2.75) is 39.7 Å². The Labute approximate surface area is 115 Å². The second-order valence-electron chi connectivity index (χ2n) is 6.03. The molecule has 0 saturated carbocycles. The molecular weight excluding hydrogens is 246 g/mol. The minimum absolute atomic E-state index is 0.458. The van der Waals surface area contributed by atoms with Gasteiger partial charge >= 0.3 is 0 Å². The highest BCUT2D eigenvalue weighted by Gasteiger charge is 2.25. The van der Waals surface area contributed by atoms with Crippen LogP contribution in [0.5, 0.6) is 0 Å². The maximum absolute atomic E-state index is 9.58. The lowest BCUT2D eigenvalue weighted by Gasteiger charge is -2.38. The highest BCUT2D eigenvalue weighted by atomic mass is 35.5. The molecule has 1 unspecified atom stereocenters. The van der Waals surface area contributed by atoms with E-state index in [2.05, 4.69) is 24.8 Å². The van der Waals surface area contributed by atoms with Gasteiger partial charge in [-0.2, -0.15) is 0 Å². The normalized spacial score (nSPS) is 20.8. The first-order valence-electron chi connectivity index (χ1n) is 6.61. The van der Waals surface area contributed by atoms with Crippen LogP contribution in [0.1, 0.15) is 45.3 Å². The first-order chi connectivity index (χ1) is 8.39. The lowest BCUT2D eigenvalue weighted by molar-refractivity contribution is 0.199. The fourth-order valence-electron chi connectivity index (χ4n) is 2.42. The van der Waals surface area contributed by atoms with E-state index in [9.17, 15) is 5.11 Å². The second-order valence-corrected chi connectivity index (χ2v) is 6.44. The molecule has 1 aromatic rings. The summed E-state index contributed by atoms with van der Waals surface area (Å²) in [5.74, 6) is 0. The smallest absolute Gasteiger partial charge is 0.0776 e. The van der Waals surface area contributed by atoms with Crippen LogP contribution in [0.3, 0.4) is 0 Å². The number of hydrogen-bond acceptors (Lipinski definition) is 2. The third-order valence-electron chi connectivity index (χ3n) is 3.92. The highest BCUT2D eigenvalue weighted by molar-refractivity contribution is 6.31. The molecule has 2 nitrogen and oxygen atoms in total. The fourth-order valence-corrected chi connectivity index (χ4v) is 2.75. The van der Waals surface area contributed by atoms with Crippen molar-refractivity contribution < 1.29 is 5.11 Å². The molecule has 1 N–H and O–H groups in total. The minimum atomic E-state index is -0.508. The Morgan fingerprint density at radius 3 is 2.39 bits per heavy atom. The SMILES string of the molecule is CC(O)c1ccc(N2CCC(C)(C)CC2)cc1Cl. The van der Waals surface area contributed by atoms with Gasteiger partial charge in [0.25, 0.3) is 0 Å². The summed E-state index contributed by atoms with van der Waals surface area (Å²) in [6.45, 7) is 8.56. The van der Waals surface area contributed by atoms with Crippen molar-refractivity contribution in [3.63, 3.8) is 0 Å². The van der Waals surface area contributed by atoms with E-state index in [1.165, 1.54) is 18.5 Å². The fraction of sp³-hybridized carbons (Fsp3) is 0.600. The summed E-state index contributed by atoms with van der Waals surface area (Å²) >= 11 is 6.21. The van der Waals surface area contributed by atoms with E-state index >= 15 is 0 Å². The molecule has 1 aromatic carbocycles. The number of piperidine rings is 1. The molecule has 1 fully saturated rings. The molecule has 1 atom stereocenters. The molecule has 0 radical (unpaired) electrons. The predicted octanol–water partition coefficient (Wildman–Crippen LogP) is 4.02. The Kier molecular flexibility index (Phi) is 3.88. The van der Waals surface area contributed by atoms with Gasteiger partial charge in [0.05, 0.1) is 6.10 Å². The molecule has 2 rings (SSSR count). The summed E-state index contributed by atoms with van der Waals surface area (Å²) in [6.07, 6.45) is 1.91. The van der Waals surface area contributed by atoms with Crippen LogP contribution < -0.4 is 4.90 Å². The van der Waals surface area contributed by atoms with Crippen LogP contribution in [0.15, 0.2) is 18.2 Å². The molecular formula is C15H22ClNO. The predicted molar refractivity (Wildman–Crippen MR) is 77.3 cm³/mol. The van der Waals surface area contributed by atoms with Gasteiger partial charge < -0.3 is 10.0 Å². The van der Waals surface area contributed by atoms with E-state index in [-0.39, 0.29) is 0 Å². The highest BCUT2D eigenvalue weighted by Crippen LogP contribution is 2.34. The maximum atomic E-state index is 9.58. The van der Waals surface area contributed by atoms with Crippen LogP contribution in [-0.2, 0) is 0 Å². The number of aliphatic hydroxyl groups excluding tert-OH is 1. The first kappa shape index (κ1) is 13.7. The van der Waals surface area contributed by atoms with Gasteiger partial charge in [-0.15, -0.1) is 0 Å². The number of anilines is 1. The summed E-state index contributed by atoms with van der Waals surface area (Å²) < 4.78 is 0. The van der Waals surface area contributed by atoms with E-state index in [1.807, 2.05) is 12.1 Å². The number of benzene rings is 1. The molecule has 0 aliphatic carbocycles. The average molecular weight is 268 g/mol. The summed E-state index contributed by atoms with van der Waals surface area (Å²) in [7, 11) is 0. The van der Waals surface area contributed by atoms with Crippen LogP contribution in [0.4, 0.5) is 5.69 Å². The van der Waals surface area contributed by atoms with E-state index < -0.39 is 6.10 Å². The number of nitrogens with zero attached hydrogens (tertiary/aromatic N) is 1. The van der Waals surface area contributed by atoms with Gasteiger partial charge in [-0.1, -0.05) is 31.5 Å². The molecule has 1 aliphatic rings. The van der Waals surface area contributed by atoms with Crippen molar-refractivity contribution in [2.24, 2.45) is 5.41 Å². The van der Waals surface area contributed by atoms with Crippen LogP contribution >= 0.6 is 11.6 Å². The molecule has 0 amide bonds. The first-order valence-corrected chi connectivity index (χ1v) is 6.99. The van der Waals surface area contributed by atoms with Crippen LogP contribution in [0.25, 0.3) is 0 Å². The van der Waals surface area contributed by atoms with Gasteiger partial charge in [0.1, 0.15) is 0 Å². The van der Waals surface area contributed by atoms with Gasteiger partial charge in [-0.3, -0.25) is 0 Å². The maximum Gasteiger partial charge on any atom is 0.0776 e. The zero-order chi connectivity index (χ0) is 13.3. The van der Waals surface area contributed by atoms with Crippen molar-refractivity contribution in [2.75, 3.05) is 18.0 Å². The standard InChI is InChI=1S/C15H22ClNO/c1-11(18)13-5-4-12(10-14(13)16)17-8-6-15(2,3)7-9-17/h4-5,10-11,18H,6-9H2,1-3H3. The average Bonchev–Trinajstić information content (AvgIpc) is 2.28. The zero-order valence-electron chi connectivity index (χ0n) is 11.4. The molecule has 3 heteroatoms. The molecule has 1 aliphatic heterocycles. The summed E-state index contributed by atoms with van der Waals surface area (Å²) in [5.41, 5.74) is 2.43. The van der Waals surface area contributed by atoms with Gasteiger partial charge in [0.15, 0.2) is 0 Å². The van der Waals surface area contributed by atoms with Gasteiger partial charge in [0, 0.05) is 23.8 Å². The summed E-state index contributed by atoms with van der Waals surface area (Å²) in [4.78, 5) is 2.38. The quantitative estimate of drug-likeness (QED) is 0.875. The minimum Gasteiger partial charge on any atom is -0.389 e. The molecule has 0 spiro atoms. The molecule has 0 aromatic heterocycles. The largest absolute Gasteiger partial charge is 0.389 e. The molecule has 0 bridgehead atoms. The third kappa shape index (κ3) is 2.99. The third-order valence-corrected chi connectivity index (χ3v) is 4.24.